The number of carbonyl (C=O) groups is 4. The fourth-order valence-corrected chi connectivity index (χ4v) is 1.86. The monoisotopic (exact) mass is 395 g/mol. The van der Waals surface area contributed by atoms with Crippen LogP contribution in [0.15, 0.2) is 30.3 Å². The van der Waals surface area contributed by atoms with E-state index in [9.17, 15) is 19.2 Å². The Morgan fingerprint density at radius 2 is 1.68 bits per heavy atom. The Bertz CT molecular complexity index is 686. The summed E-state index contributed by atoms with van der Waals surface area (Å²) in [5, 5.41) is 16.1. The molecule has 1 aromatic rings. The molecule has 0 aliphatic heterocycles. The Morgan fingerprint density at radius 1 is 1.04 bits per heavy atom. The molecule has 1 atom stereocenters. The molecule has 0 fully saturated rings. The second-order valence-corrected chi connectivity index (χ2v) is 6.72. The van der Waals surface area contributed by atoms with Crippen molar-refractivity contribution in [1.82, 2.24) is 16.0 Å². The van der Waals surface area contributed by atoms with Crippen molar-refractivity contribution in [2.45, 2.75) is 38.8 Å². The van der Waals surface area contributed by atoms with Gasteiger partial charge in [0.1, 0.15) is 17.4 Å². The fraction of sp³-hybridized carbons (Fsp3) is 0.444. The summed E-state index contributed by atoms with van der Waals surface area (Å²) < 4.78 is 9.97. The number of hydrogen-bond acceptors (Lipinski definition) is 6. The quantitative estimate of drug-likeness (QED) is 0.519. The second kappa shape index (κ2) is 10.8. The first-order valence-corrected chi connectivity index (χ1v) is 8.56. The first kappa shape index (κ1) is 22.7. The number of carbonyl (C=O) groups excluding carboxylic acids is 3. The van der Waals surface area contributed by atoms with Crippen LogP contribution in [0.25, 0.3) is 0 Å². The normalized spacial score (nSPS) is 11.7. The third-order valence-electron chi connectivity index (χ3n) is 3.07. The smallest absolute Gasteiger partial charge is 0.413 e. The molecular weight excluding hydrogens is 370 g/mol. The van der Waals surface area contributed by atoms with Crippen molar-refractivity contribution in [3.8, 4) is 5.75 Å². The lowest BCUT2D eigenvalue weighted by Crippen LogP contribution is -2.49. The van der Waals surface area contributed by atoms with Crippen LogP contribution >= 0.6 is 0 Å². The van der Waals surface area contributed by atoms with E-state index in [0.717, 1.165) is 0 Å². The van der Waals surface area contributed by atoms with E-state index in [1.165, 1.54) is 12.1 Å². The van der Waals surface area contributed by atoms with E-state index in [2.05, 4.69) is 16.0 Å². The summed E-state index contributed by atoms with van der Waals surface area (Å²) in [6.07, 6.45) is -1.70. The van der Waals surface area contributed by atoms with Crippen molar-refractivity contribution >= 4 is 24.1 Å². The number of aliphatic carboxylic acids is 1. The molecule has 0 saturated heterocycles. The SMILES string of the molecule is CC(C)(C)OC(=O)NCCC(=O)NC[C@H](NC(=O)Oc1ccccc1)C(=O)O. The topological polar surface area (TPSA) is 143 Å². The van der Waals surface area contributed by atoms with Crippen molar-refractivity contribution in [2.24, 2.45) is 0 Å². The van der Waals surface area contributed by atoms with E-state index >= 15 is 0 Å². The highest BCUT2D eigenvalue weighted by molar-refractivity contribution is 5.82. The molecule has 1 rings (SSSR count). The molecule has 0 unspecified atom stereocenters. The molecule has 10 nitrogen and oxygen atoms in total. The number of benzene rings is 1. The van der Waals surface area contributed by atoms with Gasteiger partial charge in [0.2, 0.25) is 5.91 Å². The Balaban J connectivity index is 2.35. The maximum atomic E-state index is 11.8. The summed E-state index contributed by atoms with van der Waals surface area (Å²) in [6.45, 7) is 4.80. The number of nitrogens with one attached hydrogen (secondary N) is 3. The minimum Gasteiger partial charge on any atom is -0.480 e. The minimum atomic E-state index is -1.38. The zero-order valence-electron chi connectivity index (χ0n) is 16.0. The van der Waals surface area contributed by atoms with Gasteiger partial charge in [0.15, 0.2) is 0 Å². The number of hydrogen-bond donors (Lipinski definition) is 4. The molecule has 0 aliphatic rings. The minimum absolute atomic E-state index is 0.0158. The summed E-state index contributed by atoms with van der Waals surface area (Å²) in [5.41, 5.74) is -0.652. The van der Waals surface area contributed by atoms with E-state index < -0.39 is 35.7 Å². The average Bonchev–Trinajstić information content (AvgIpc) is 2.57. The molecule has 0 aromatic heterocycles. The van der Waals surface area contributed by atoms with Crippen molar-refractivity contribution in [1.29, 1.82) is 0 Å². The van der Waals surface area contributed by atoms with Crippen LogP contribution in [0, 0.1) is 0 Å². The van der Waals surface area contributed by atoms with Gasteiger partial charge in [-0.25, -0.2) is 14.4 Å². The van der Waals surface area contributed by atoms with E-state index in [-0.39, 0.29) is 25.3 Å². The zero-order chi connectivity index (χ0) is 21.2. The van der Waals surface area contributed by atoms with Gasteiger partial charge in [0.25, 0.3) is 0 Å². The third kappa shape index (κ3) is 10.00. The predicted molar refractivity (Wildman–Crippen MR) is 98.9 cm³/mol. The number of alkyl carbamates (subject to hydrolysis) is 1. The van der Waals surface area contributed by atoms with Crippen molar-refractivity contribution in [3.63, 3.8) is 0 Å². The van der Waals surface area contributed by atoms with Gasteiger partial charge in [-0.05, 0) is 32.9 Å². The molecule has 3 amide bonds. The molecule has 0 spiro atoms. The van der Waals surface area contributed by atoms with Crippen LogP contribution in [-0.4, -0.2) is 53.9 Å². The molecule has 28 heavy (non-hydrogen) atoms. The Hall–Kier alpha value is -3.30. The van der Waals surface area contributed by atoms with E-state index in [1.807, 2.05) is 0 Å². The highest BCUT2D eigenvalue weighted by Gasteiger charge is 2.22. The van der Waals surface area contributed by atoms with Gasteiger partial charge in [-0.15, -0.1) is 0 Å². The highest BCUT2D eigenvalue weighted by atomic mass is 16.6. The largest absolute Gasteiger partial charge is 0.480 e. The lowest BCUT2D eigenvalue weighted by molar-refractivity contribution is -0.139. The summed E-state index contributed by atoms with van der Waals surface area (Å²) in [6, 6.07) is 6.74. The number of carboxylic acid groups (broad SMARTS) is 1. The predicted octanol–water partition coefficient (Wildman–Crippen LogP) is 1.26. The van der Waals surface area contributed by atoms with Crippen LogP contribution in [-0.2, 0) is 14.3 Å². The number of para-hydroxylation sites is 1. The van der Waals surface area contributed by atoms with Crippen LogP contribution < -0.4 is 20.7 Å². The Labute approximate surface area is 162 Å². The van der Waals surface area contributed by atoms with Gasteiger partial charge >= 0.3 is 18.2 Å². The maximum Gasteiger partial charge on any atom is 0.413 e. The van der Waals surface area contributed by atoms with Gasteiger partial charge in [-0.3, -0.25) is 4.79 Å². The van der Waals surface area contributed by atoms with Crippen LogP contribution in [0.1, 0.15) is 27.2 Å². The average molecular weight is 395 g/mol. The molecule has 0 saturated carbocycles. The fourth-order valence-electron chi connectivity index (χ4n) is 1.86. The Kier molecular flexibility index (Phi) is 8.73. The number of carboxylic acids is 1. The standard InChI is InChI=1S/C18H25N3O7/c1-18(2,3)28-16(25)19-10-9-14(22)20-11-13(15(23)24)21-17(26)27-12-7-5-4-6-8-12/h4-8,13H,9-11H2,1-3H3,(H,19,25)(H,20,22)(H,21,26)(H,23,24)/t13-/m0/s1. The summed E-state index contributed by atoms with van der Waals surface area (Å²) in [5.74, 6) is -1.58. The van der Waals surface area contributed by atoms with Crippen molar-refractivity contribution in [3.05, 3.63) is 30.3 Å². The number of amides is 3. The van der Waals surface area contributed by atoms with Gasteiger partial charge in [-0.1, -0.05) is 18.2 Å². The summed E-state index contributed by atoms with van der Waals surface area (Å²) in [7, 11) is 0. The molecular formula is C18H25N3O7. The first-order valence-electron chi connectivity index (χ1n) is 8.56. The van der Waals surface area contributed by atoms with Crippen molar-refractivity contribution in [2.75, 3.05) is 13.1 Å². The molecule has 154 valence electrons. The van der Waals surface area contributed by atoms with Gasteiger partial charge < -0.3 is 30.5 Å². The van der Waals surface area contributed by atoms with E-state index in [0.29, 0.717) is 0 Å². The summed E-state index contributed by atoms with van der Waals surface area (Å²) in [4.78, 5) is 46.2. The highest BCUT2D eigenvalue weighted by Crippen LogP contribution is 2.08. The number of ether oxygens (including phenoxy) is 2. The van der Waals surface area contributed by atoms with Gasteiger partial charge in [0.05, 0.1) is 0 Å². The van der Waals surface area contributed by atoms with Crippen LogP contribution in [0.5, 0.6) is 5.75 Å². The maximum absolute atomic E-state index is 11.8. The van der Waals surface area contributed by atoms with Gasteiger partial charge in [-0.2, -0.15) is 0 Å². The molecule has 0 heterocycles. The third-order valence-corrected chi connectivity index (χ3v) is 3.07. The first-order chi connectivity index (χ1) is 13.1. The number of rotatable bonds is 8. The lowest BCUT2D eigenvalue weighted by Gasteiger charge is -2.19. The second-order valence-electron chi connectivity index (χ2n) is 6.72. The van der Waals surface area contributed by atoms with Crippen LogP contribution in [0.2, 0.25) is 0 Å². The Morgan fingerprint density at radius 3 is 2.25 bits per heavy atom. The molecule has 0 radical (unpaired) electrons. The molecule has 0 bridgehead atoms. The zero-order valence-corrected chi connectivity index (χ0v) is 16.0. The van der Waals surface area contributed by atoms with E-state index in [4.69, 9.17) is 14.6 Å². The van der Waals surface area contributed by atoms with Crippen LogP contribution in [0.3, 0.4) is 0 Å². The van der Waals surface area contributed by atoms with Crippen molar-refractivity contribution < 1.29 is 33.8 Å². The molecule has 0 aliphatic carbocycles. The summed E-state index contributed by atoms with van der Waals surface area (Å²) >= 11 is 0. The van der Waals surface area contributed by atoms with E-state index in [1.54, 1.807) is 39.0 Å². The molecule has 1 aromatic carbocycles. The molecule has 4 N–H and O–H groups in total. The molecule has 10 heteroatoms. The lowest BCUT2D eigenvalue weighted by atomic mass is 10.2. The van der Waals surface area contributed by atoms with Crippen LogP contribution in [0.4, 0.5) is 9.59 Å². The van der Waals surface area contributed by atoms with Gasteiger partial charge in [0, 0.05) is 19.5 Å².